The van der Waals surface area contributed by atoms with Gasteiger partial charge in [0.05, 0.1) is 3.79 Å². The van der Waals surface area contributed by atoms with E-state index in [0.29, 0.717) is 0 Å². The van der Waals surface area contributed by atoms with Crippen molar-refractivity contribution in [2.45, 2.75) is 0 Å². The summed E-state index contributed by atoms with van der Waals surface area (Å²) in [4.78, 5) is 2.63. The molecule has 3 rings (SSSR count). The van der Waals surface area contributed by atoms with Crippen LogP contribution in [0.25, 0.3) is 20.9 Å². The van der Waals surface area contributed by atoms with Crippen molar-refractivity contribution < 1.29 is 0 Å². The van der Waals surface area contributed by atoms with Gasteiger partial charge >= 0.3 is 0 Å². The van der Waals surface area contributed by atoms with Crippen LogP contribution in [0.2, 0.25) is 0 Å². The second kappa shape index (κ2) is 4.77. The zero-order valence-electron chi connectivity index (χ0n) is 8.89. The van der Waals surface area contributed by atoms with Gasteiger partial charge in [-0.1, -0.05) is 30.3 Å². The lowest BCUT2D eigenvalue weighted by Crippen LogP contribution is -1.67. The second-order valence-electron chi connectivity index (χ2n) is 3.64. The second-order valence-corrected chi connectivity index (χ2v) is 6.96. The van der Waals surface area contributed by atoms with Gasteiger partial charge in [-0.2, -0.15) is 0 Å². The first-order valence-corrected chi connectivity index (χ1v) is 7.72. The molecule has 0 N–H and O–H groups in total. The minimum Gasteiger partial charge on any atom is -0.136 e. The first-order chi connectivity index (χ1) is 8.34. The molecule has 0 amide bonds. The summed E-state index contributed by atoms with van der Waals surface area (Å²) in [6.45, 7) is 0. The number of hydrogen-bond donors (Lipinski definition) is 0. The lowest BCUT2D eigenvalue weighted by molar-refractivity contribution is 1.70. The molecule has 0 aliphatic heterocycles. The van der Waals surface area contributed by atoms with Gasteiger partial charge in [0, 0.05) is 15.3 Å². The molecule has 2 aromatic heterocycles. The molecular weight excluding hydrogens is 312 g/mol. The van der Waals surface area contributed by atoms with E-state index in [-0.39, 0.29) is 0 Å². The van der Waals surface area contributed by atoms with Crippen LogP contribution in [0, 0.1) is 0 Å². The van der Waals surface area contributed by atoms with Crippen molar-refractivity contribution >= 4 is 38.6 Å². The van der Waals surface area contributed by atoms with E-state index in [1.165, 1.54) is 24.7 Å². The smallest absolute Gasteiger partial charge is 0.0784 e. The molecule has 0 bridgehead atoms. The predicted molar refractivity (Wildman–Crippen MR) is 80.8 cm³/mol. The van der Waals surface area contributed by atoms with Crippen LogP contribution >= 0.6 is 38.6 Å². The summed E-state index contributed by atoms with van der Waals surface area (Å²) in [5, 5.41) is 2.11. The van der Waals surface area contributed by atoms with E-state index in [9.17, 15) is 0 Å². The molecule has 2 heterocycles. The monoisotopic (exact) mass is 320 g/mol. The molecule has 0 aliphatic carbocycles. The highest BCUT2D eigenvalue weighted by molar-refractivity contribution is 9.11. The van der Waals surface area contributed by atoms with E-state index in [0.717, 1.165) is 0 Å². The average Bonchev–Trinajstić information content (AvgIpc) is 2.98. The molecule has 0 aliphatic rings. The molecule has 3 aromatic rings. The molecule has 0 unspecified atom stereocenters. The van der Waals surface area contributed by atoms with E-state index in [1.807, 2.05) is 17.4 Å². The highest BCUT2D eigenvalue weighted by Gasteiger charge is 2.08. The van der Waals surface area contributed by atoms with E-state index < -0.39 is 0 Å². The van der Waals surface area contributed by atoms with Crippen LogP contribution in [0.3, 0.4) is 0 Å². The van der Waals surface area contributed by atoms with E-state index in [1.54, 1.807) is 11.3 Å². The van der Waals surface area contributed by atoms with Crippen LogP contribution in [-0.2, 0) is 0 Å². The summed E-state index contributed by atoms with van der Waals surface area (Å²) in [7, 11) is 0. The predicted octanol–water partition coefficient (Wildman–Crippen LogP) is 5.91. The topological polar surface area (TPSA) is 0 Å². The third kappa shape index (κ3) is 2.23. The number of hydrogen-bond acceptors (Lipinski definition) is 2. The zero-order valence-corrected chi connectivity index (χ0v) is 12.1. The van der Waals surface area contributed by atoms with Gasteiger partial charge in [-0.05, 0) is 45.1 Å². The van der Waals surface area contributed by atoms with Gasteiger partial charge in [-0.3, -0.25) is 0 Å². The van der Waals surface area contributed by atoms with Crippen molar-refractivity contribution in [3.8, 4) is 20.9 Å². The molecule has 1 aromatic carbocycles. The summed E-state index contributed by atoms with van der Waals surface area (Å²) in [6.07, 6.45) is 0. The van der Waals surface area contributed by atoms with Crippen molar-refractivity contribution in [1.82, 2.24) is 0 Å². The van der Waals surface area contributed by atoms with Crippen molar-refractivity contribution in [2.24, 2.45) is 0 Å². The molecular formula is C14H9BrS2. The standard InChI is InChI=1S/C14H9BrS2/c15-14-11(8-9-16-14)13-7-6-12(17-13)10-4-2-1-3-5-10/h1-9H. The summed E-state index contributed by atoms with van der Waals surface area (Å²) >= 11 is 7.16. The van der Waals surface area contributed by atoms with Crippen molar-refractivity contribution in [1.29, 1.82) is 0 Å². The Balaban J connectivity index is 2.02. The van der Waals surface area contributed by atoms with Crippen molar-refractivity contribution in [3.05, 3.63) is 57.7 Å². The largest absolute Gasteiger partial charge is 0.136 e. The van der Waals surface area contributed by atoms with Gasteiger partial charge in [0.25, 0.3) is 0 Å². The number of rotatable bonds is 2. The van der Waals surface area contributed by atoms with E-state index >= 15 is 0 Å². The molecule has 17 heavy (non-hydrogen) atoms. The molecule has 0 fully saturated rings. The third-order valence-corrected chi connectivity index (χ3v) is 5.40. The lowest BCUT2D eigenvalue weighted by Gasteiger charge is -1.95. The molecule has 0 saturated heterocycles. The Kier molecular flexibility index (Phi) is 3.14. The van der Waals surface area contributed by atoms with Crippen LogP contribution < -0.4 is 0 Å². The zero-order chi connectivity index (χ0) is 11.7. The highest BCUT2D eigenvalue weighted by atomic mass is 79.9. The maximum absolute atomic E-state index is 3.59. The Bertz CT molecular complexity index is 622. The molecule has 0 radical (unpaired) electrons. The Hall–Kier alpha value is -0.900. The van der Waals surface area contributed by atoms with Crippen molar-refractivity contribution in [2.75, 3.05) is 0 Å². The fourth-order valence-electron chi connectivity index (χ4n) is 1.71. The van der Waals surface area contributed by atoms with Crippen LogP contribution in [0.5, 0.6) is 0 Å². The van der Waals surface area contributed by atoms with Crippen LogP contribution in [0.15, 0.2) is 57.7 Å². The first kappa shape index (κ1) is 11.2. The Morgan fingerprint density at radius 3 is 2.29 bits per heavy atom. The Morgan fingerprint density at radius 2 is 1.59 bits per heavy atom. The summed E-state index contributed by atoms with van der Waals surface area (Å²) in [6, 6.07) is 17.1. The Labute approximate surface area is 117 Å². The first-order valence-electron chi connectivity index (χ1n) is 5.23. The quantitative estimate of drug-likeness (QED) is 0.551. The third-order valence-electron chi connectivity index (χ3n) is 2.55. The van der Waals surface area contributed by atoms with Gasteiger partial charge in [0.1, 0.15) is 0 Å². The van der Waals surface area contributed by atoms with Crippen molar-refractivity contribution in [3.63, 3.8) is 0 Å². The fourth-order valence-corrected chi connectivity index (χ4v) is 4.25. The summed E-state index contributed by atoms with van der Waals surface area (Å²) in [5.74, 6) is 0. The van der Waals surface area contributed by atoms with E-state index in [2.05, 4.69) is 63.8 Å². The maximum Gasteiger partial charge on any atom is 0.0784 e. The molecule has 0 nitrogen and oxygen atoms in total. The minimum atomic E-state index is 1.21. The Morgan fingerprint density at radius 1 is 0.824 bits per heavy atom. The normalized spacial score (nSPS) is 10.6. The highest BCUT2D eigenvalue weighted by Crippen LogP contribution is 2.39. The SMILES string of the molecule is Brc1sccc1-c1ccc(-c2ccccc2)s1. The molecule has 0 saturated carbocycles. The van der Waals surface area contributed by atoms with Crippen LogP contribution in [-0.4, -0.2) is 0 Å². The number of thiophene rings is 2. The molecule has 3 heteroatoms. The van der Waals surface area contributed by atoms with Gasteiger partial charge in [0.2, 0.25) is 0 Å². The maximum atomic E-state index is 3.59. The van der Waals surface area contributed by atoms with Crippen LogP contribution in [0.1, 0.15) is 0 Å². The fraction of sp³-hybridized carbons (Fsp3) is 0. The van der Waals surface area contributed by atoms with Gasteiger partial charge < -0.3 is 0 Å². The van der Waals surface area contributed by atoms with Gasteiger partial charge in [0.15, 0.2) is 0 Å². The molecule has 0 atom stereocenters. The van der Waals surface area contributed by atoms with Crippen LogP contribution in [0.4, 0.5) is 0 Å². The number of benzene rings is 1. The van der Waals surface area contributed by atoms with Gasteiger partial charge in [-0.15, -0.1) is 22.7 Å². The molecule has 0 spiro atoms. The summed E-state index contributed by atoms with van der Waals surface area (Å²) < 4.78 is 1.21. The average molecular weight is 321 g/mol. The van der Waals surface area contributed by atoms with E-state index in [4.69, 9.17) is 0 Å². The minimum absolute atomic E-state index is 1.21. The number of halogens is 1. The lowest BCUT2D eigenvalue weighted by atomic mass is 10.2. The molecule has 84 valence electrons. The summed E-state index contributed by atoms with van der Waals surface area (Å²) in [5.41, 5.74) is 2.58. The van der Waals surface area contributed by atoms with Gasteiger partial charge in [-0.25, -0.2) is 0 Å².